The predicted octanol–water partition coefficient (Wildman–Crippen LogP) is 0.300. The Labute approximate surface area is 104 Å². The van der Waals surface area contributed by atoms with Crippen LogP contribution in [-0.2, 0) is 22.8 Å². The first-order valence-electron chi connectivity index (χ1n) is 4.01. The summed E-state index contributed by atoms with van der Waals surface area (Å²) in [6.07, 6.45) is 0. The second kappa shape index (κ2) is 9.09. The summed E-state index contributed by atoms with van der Waals surface area (Å²) in [6.45, 7) is 4.60. The van der Waals surface area contributed by atoms with Gasteiger partial charge in [-0.05, 0) is 13.8 Å². The smallest absolute Gasteiger partial charge is 0.325 e. The molecule has 0 aromatic heterocycles. The molecule has 5 N–H and O–H groups in total. The highest BCUT2D eigenvalue weighted by molar-refractivity contribution is 7.63. The molecule has 0 saturated carbocycles. The third-order valence-electron chi connectivity index (χ3n) is 0.258. The van der Waals surface area contributed by atoms with Gasteiger partial charge in [0.15, 0.2) is 0 Å². The molecule has 1 unspecified atom stereocenters. The molecule has 18 heavy (non-hydrogen) atoms. The molecule has 0 radical (unpaired) electrons. The van der Waals surface area contributed by atoms with Gasteiger partial charge in [-0.15, -0.1) is 0 Å². The largest absolute Gasteiger partial charge is 0.476 e. The summed E-state index contributed by atoms with van der Waals surface area (Å²) >= 11 is 0. The van der Waals surface area contributed by atoms with E-state index in [-0.39, 0.29) is 5.78 Å². The molecule has 0 aromatic rings. The van der Waals surface area contributed by atoms with E-state index in [4.69, 9.17) is 24.5 Å². The summed E-state index contributed by atoms with van der Waals surface area (Å²) < 4.78 is 32.6. The van der Waals surface area contributed by atoms with Gasteiger partial charge in [0.2, 0.25) is 0 Å². The fraction of sp³-hybridized carbons (Fsp3) is 0.800. The number of phosphoric acid groups is 1. The standard InChI is InChI=1S/C3H6O.CH6O6P2.CH5O3P/c1-3(2)4;1-8(2,3)7-9(4,5)6;1-5(2,3)4/h1-2H3;1H3,(H,2,3)(H2,4,5,6);1H3,(H2,2,3,4). The van der Waals surface area contributed by atoms with Crippen molar-refractivity contribution in [3.8, 4) is 0 Å². The zero-order valence-electron chi connectivity index (χ0n) is 10.1. The van der Waals surface area contributed by atoms with Crippen molar-refractivity contribution >= 4 is 28.8 Å². The molecule has 0 aliphatic carbocycles. The molecule has 0 aromatic carbocycles. The summed E-state index contributed by atoms with van der Waals surface area (Å²) in [7, 11) is -12.5. The number of hydrogen-bond donors (Lipinski definition) is 5. The van der Waals surface area contributed by atoms with Gasteiger partial charge in [-0.2, -0.15) is 0 Å². The molecular formula is C5H17O10P3. The molecule has 0 saturated heterocycles. The van der Waals surface area contributed by atoms with Crippen LogP contribution in [0.25, 0.3) is 0 Å². The molecule has 0 fully saturated rings. The van der Waals surface area contributed by atoms with Crippen LogP contribution in [-0.4, -0.2) is 43.6 Å². The Hall–Kier alpha value is 0.120. The number of ketones is 1. The number of carbonyl (C=O) groups excluding carboxylic acids is 1. The van der Waals surface area contributed by atoms with Crippen LogP contribution in [0.4, 0.5) is 0 Å². The summed E-state index contributed by atoms with van der Waals surface area (Å²) in [5.41, 5.74) is 0. The third-order valence-corrected chi connectivity index (χ3v) is 2.32. The van der Waals surface area contributed by atoms with Crippen molar-refractivity contribution in [3.05, 3.63) is 0 Å². The quantitative estimate of drug-likeness (QED) is 0.442. The van der Waals surface area contributed by atoms with E-state index >= 15 is 0 Å². The zero-order chi connectivity index (χ0) is 15.8. The zero-order valence-corrected chi connectivity index (χ0v) is 12.8. The van der Waals surface area contributed by atoms with Crippen LogP contribution in [0.2, 0.25) is 0 Å². The Bertz CT molecular complexity index is 339. The average Bonchev–Trinajstić information content (AvgIpc) is 1.67. The highest BCUT2D eigenvalue weighted by atomic mass is 31.3. The topological polar surface area (TPSA) is 179 Å². The maximum Gasteiger partial charge on any atom is 0.476 e. The van der Waals surface area contributed by atoms with Crippen molar-refractivity contribution in [2.75, 3.05) is 13.3 Å². The molecule has 0 rings (SSSR count). The van der Waals surface area contributed by atoms with Gasteiger partial charge in [0, 0.05) is 13.3 Å². The number of Topliss-reactive ketones (excluding diaryl/α,β-unsaturated/α-hetero) is 1. The summed E-state index contributed by atoms with van der Waals surface area (Å²) in [5.74, 6) is 0.167. The molecule has 0 bridgehead atoms. The minimum absolute atomic E-state index is 0.167. The summed E-state index contributed by atoms with van der Waals surface area (Å²) in [4.78, 5) is 48.7. The van der Waals surface area contributed by atoms with Crippen LogP contribution in [0.1, 0.15) is 13.8 Å². The molecule has 112 valence electrons. The van der Waals surface area contributed by atoms with Gasteiger partial charge in [0.1, 0.15) is 5.78 Å². The van der Waals surface area contributed by atoms with Crippen molar-refractivity contribution in [1.82, 2.24) is 0 Å². The second-order valence-corrected chi connectivity index (χ2v) is 8.03. The van der Waals surface area contributed by atoms with E-state index in [2.05, 4.69) is 4.31 Å². The molecule has 0 aliphatic heterocycles. The van der Waals surface area contributed by atoms with E-state index in [1.165, 1.54) is 13.8 Å². The van der Waals surface area contributed by atoms with Crippen molar-refractivity contribution < 1.29 is 47.3 Å². The normalized spacial score (nSPS) is 14.3. The van der Waals surface area contributed by atoms with Crippen LogP contribution in [0.5, 0.6) is 0 Å². The van der Waals surface area contributed by atoms with Crippen molar-refractivity contribution in [1.29, 1.82) is 0 Å². The van der Waals surface area contributed by atoms with Crippen LogP contribution >= 0.6 is 23.0 Å². The van der Waals surface area contributed by atoms with E-state index in [0.717, 1.165) is 6.66 Å². The fourth-order valence-electron chi connectivity index (χ4n) is 0.197. The van der Waals surface area contributed by atoms with E-state index in [1.807, 2.05) is 0 Å². The van der Waals surface area contributed by atoms with Crippen LogP contribution < -0.4 is 0 Å². The Morgan fingerprint density at radius 3 is 1.06 bits per heavy atom. The summed E-state index contributed by atoms with van der Waals surface area (Å²) in [5, 5.41) is 0. The predicted molar refractivity (Wildman–Crippen MR) is 63.2 cm³/mol. The van der Waals surface area contributed by atoms with Gasteiger partial charge in [-0.3, -0.25) is 9.13 Å². The molecule has 0 spiro atoms. The Morgan fingerprint density at radius 2 is 1.06 bits per heavy atom. The first-order chi connectivity index (χ1) is 7.44. The van der Waals surface area contributed by atoms with Gasteiger partial charge in [0.05, 0.1) is 0 Å². The van der Waals surface area contributed by atoms with Gasteiger partial charge < -0.3 is 29.3 Å². The van der Waals surface area contributed by atoms with Crippen molar-refractivity contribution in [3.63, 3.8) is 0 Å². The van der Waals surface area contributed by atoms with Gasteiger partial charge in [-0.1, -0.05) is 0 Å². The lowest BCUT2D eigenvalue weighted by Gasteiger charge is -2.05. The number of rotatable bonds is 2. The lowest BCUT2D eigenvalue weighted by molar-refractivity contribution is -0.115. The minimum Gasteiger partial charge on any atom is -0.325 e. The lowest BCUT2D eigenvalue weighted by atomic mass is 10.6. The molecule has 10 nitrogen and oxygen atoms in total. The first kappa shape index (κ1) is 23.2. The Kier molecular flexibility index (Phi) is 11.7. The molecule has 1 atom stereocenters. The van der Waals surface area contributed by atoms with E-state index in [9.17, 15) is 18.5 Å². The van der Waals surface area contributed by atoms with Crippen molar-refractivity contribution in [2.45, 2.75) is 13.8 Å². The molecule has 13 heteroatoms. The Balaban J connectivity index is -0.000000212. The van der Waals surface area contributed by atoms with Crippen molar-refractivity contribution in [2.24, 2.45) is 0 Å². The maximum atomic E-state index is 10.1. The fourth-order valence-corrected chi connectivity index (χ4v) is 1.78. The minimum atomic E-state index is -4.80. The molecule has 0 heterocycles. The van der Waals surface area contributed by atoms with Crippen LogP contribution in [0.3, 0.4) is 0 Å². The number of hydrogen-bond acceptors (Lipinski definition) is 5. The van der Waals surface area contributed by atoms with Gasteiger partial charge >= 0.3 is 23.0 Å². The van der Waals surface area contributed by atoms with Crippen LogP contribution in [0, 0.1) is 0 Å². The van der Waals surface area contributed by atoms with Gasteiger partial charge in [-0.25, -0.2) is 8.88 Å². The highest BCUT2D eigenvalue weighted by Crippen LogP contribution is 2.54. The SMILES string of the molecule is CC(C)=O.CP(=O)(O)O.CP(=O)(O)OP(=O)(O)O. The number of carbonyl (C=O) groups is 1. The molecular weight excluding hydrogens is 313 g/mol. The van der Waals surface area contributed by atoms with E-state index in [0.29, 0.717) is 6.66 Å². The Morgan fingerprint density at radius 1 is 0.889 bits per heavy atom. The van der Waals surface area contributed by atoms with Gasteiger partial charge in [0.25, 0.3) is 0 Å². The van der Waals surface area contributed by atoms with E-state index in [1.54, 1.807) is 0 Å². The molecule has 0 aliphatic rings. The van der Waals surface area contributed by atoms with E-state index < -0.39 is 23.0 Å². The second-order valence-electron chi connectivity index (χ2n) is 3.12. The average molecular weight is 330 g/mol. The molecule has 0 amide bonds. The lowest BCUT2D eigenvalue weighted by Crippen LogP contribution is -1.83. The summed E-state index contributed by atoms with van der Waals surface area (Å²) in [6, 6.07) is 0. The first-order valence-corrected chi connectivity index (χ1v) is 9.63. The monoisotopic (exact) mass is 330 g/mol. The van der Waals surface area contributed by atoms with Crippen LogP contribution in [0.15, 0.2) is 0 Å². The highest BCUT2D eigenvalue weighted by Gasteiger charge is 2.24. The third kappa shape index (κ3) is 98.4. The maximum absolute atomic E-state index is 10.1.